The van der Waals surface area contributed by atoms with E-state index in [0.29, 0.717) is 66.1 Å². The molecule has 0 aliphatic heterocycles. The summed E-state index contributed by atoms with van der Waals surface area (Å²) in [6.45, 7) is 0. The number of fused-ring (bicyclic) bond motifs is 16. The number of aromatic nitrogens is 4. The number of para-hydroxylation sites is 2. The van der Waals surface area contributed by atoms with E-state index in [2.05, 4.69) is 12.1 Å². The molecule has 0 aliphatic carbocycles. The summed E-state index contributed by atoms with van der Waals surface area (Å²) < 4.78 is 107. The molecule has 75 heavy (non-hydrogen) atoms. The molecule has 0 aliphatic rings. The van der Waals surface area contributed by atoms with Gasteiger partial charge in [-0.25, -0.2) is 26.3 Å². The van der Waals surface area contributed by atoms with E-state index in [-0.39, 0.29) is 55.4 Å². The summed E-state index contributed by atoms with van der Waals surface area (Å²) in [7, 11) is 0. The summed E-state index contributed by atoms with van der Waals surface area (Å²) in [5.41, 5.74) is 4.14. The van der Waals surface area contributed by atoms with Crippen molar-refractivity contribution in [3.05, 3.63) is 216 Å². The van der Waals surface area contributed by atoms with Crippen molar-refractivity contribution in [2.45, 2.75) is 0 Å². The van der Waals surface area contributed by atoms with Gasteiger partial charge in [-0.2, -0.15) is 10.5 Å². The van der Waals surface area contributed by atoms with Gasteiger partial charge >= 0.3 is 0 Å². The van der Waals surface area contributed by atoms with Crippen LogP contribution in [0.1, 0.15) is 11.1 Å². The molecule has 354 valence electrons. The highest BCUT2D eigenvalue weighted by atomic mass is 19.1. The molecular weight excluding hydrogens is 959 g/mol. The molecule has 15 aromatic rings. The second-order valence-corrected chi connectivity index (χ2v) is 18.6. The Bertz CT molecular complexity index is 5020. The molecule has 0 fully saturated rings. The molecule has 0 saturated carbocycles. The zero-order valence-electron chi connectivity index (χ0n) is 38.5. The quantitative estimate of drug-likeness (QED) is 0.165. The smallest absolute Gasteiger partial charge is 0.160 e. The lowest BCUT2D eigenvalue weighted by Gasteiger charge is -2.27. The van der Waals surface area contributed by atoms with Crippen LogP contribution in [0.25, 0.3) is 132 Å². The third-order valence-corrected chi connectivity index (χ3v) is 14.8. The highest BCUT2D eigenvalue weighted by molar-refractivity contribution is 6.22. The second kappa shape index (κ2) is 15.1. The molecule has 0 saturated heterocycles. The predicted octanol–water partition coefficient (Wildman–Crippen LogP) is 16.6. The number of rotatable bonds is 4. The molecule has 5 heterocycles. The van der Waals surface area contributed by atoms with Crippen LogP contribution in [0.2, 0.25) is 0 Å². The predicted molar refractivity (Wildman–Crippen MR) is 280 cm³/mol. The minimum absolute atomic E-state index is 0.0346. The van der Waals surface area contributed by atoms with Gasteiger partial charge in [0.25, 0.3) is 0 Å². The van der Waals surface area contributed by atoms with Crippen LogP contribution < -0.4 is 0 Å². The average molecular weight is 987 g/mol. The van der Waals surface area contributed by atoms with Crippen LogP contribution in [0.15, 0.2) is 174 Å². The summed E-state index contributed by atoms with van der Waals surface area (Å²) in [6.07, 6.45) is 0. The first-order chi connectivity index (χ1) is 36.6. The van der Waals surface area contributed by atoms with Crippen LogP contribution >= 0.6 is 0 Å². The molecular formula is C62H28F6N6O. The molecule has 0 unspecified atom stereocenters. The lowest BCUT2D eigenvalue weighted by atomic mass is 9.98. The molecule has 5 aromatic heterocycles. The van der Waals surface area contributed by atoms with E-state index in [9.17, 15) is 10.5 Å². The van der Waals surface area contributed by atoms with E-state index in [4.69, 9.17) is 4.42 Å². The molecule has 0 radical (unpaired) electrons. The Kier molecular flexibility index (Phi) is 8.57. The van der Waals surface area contributed by atoms with Crippen molar-refractivity contribution in [3.8, 4) is 34.9 Å². The first-order valence-electron chi connectivity index (χ1n) is 23.7. The van der Waals surface area contributed by atoms with Crippen LogP contribution in [0, 0.1) is 57.6 Å². The van der Waals surface area contributed by atoms with Crippen LogP contribution in [0.3, 0.4) is 0 Å². The van der Waals surface area contributed by atoms with Crippen molar-refractivity contribution in [1.82, 2.24) is 18.3 Å². The third-order valence-electron chi connectivity index (χ3n) is 14.8. The maximum Gasteiger partial charge on any atom is 0.160 e. The van der Waals surface area contributed by atoms with E-state index < -0.39 is 34.9 Å². The molecule has 10 aromatic carbocycles. The van der Waals surface area contributed by atoms with Crippen molar-refractivity contribution < 1.29 is 30.8 Å². The number of hydrogen-bond donors (Lipinski definition) is 0. The minimum Gasteiger partial charge on any atom is -0.454 e. The van der Waals surface area contributed by atoms with Crippen molar-refractivity contribution >= 4 is 109 Å². The maximum atomic E-state index is 15.6. The van der Waals surface area contributed by atoms with Crippen LogP contribution in [0.5, 0.6) is 0 Å². The molecule has 0 atom stereocenters. The van der Waals surface area contributed by atoms with Gasteiger partial charge in [-0.05, 0) is 127 Å². The Morgan fingerprint density at radius 3 is 1.01 bits per heavy atom. The Morgan fingerprint density at radius 2 is 0.627 bits per heavy atom. The van der Waals surface area contributed by atoms with Crippen LogP contribution in [-0.4, -0.2) is 18.3 Å². The van der Waals surface area contributed by atoms with Crippen molar-refractivity contribution in [3.63, 3.8) is 0 Å². The monoisotopic (exact) mass is 986 g/mol. The van der Waals surface area contributed by atoms with E-state index in [1.165, 1.54) is 109 Å². The van der Waals surface area contributed by atoms with E-state index >= 15 is 26.3 Å². The molecule has 15 rings (SSSR count). The molecule has 13 heteroatoms. The van der Waals surface area contributed by atoms with Gasteiger partial charge in [0.2, 0.25) is 0 Å². The standard InChI is InChI=1S/C62H28F6N6O/c63-31-9-17-50-41(23-31)42-24-32(64)10-18-51(42)71(50)57-47(29-69)59(73-54-21-13-35(67)27-45(54)46-28-36(68)14-22-55(46)73)60(48(30-70)58(57)72-52-19-11-33(65)25-43(52)44-26-34(66)12-20-53(44)72)74-49-7-3-1-5-37(49)39-15-16-40-38-6-2-4-8-56(38)75-62(40)61(39)74/h1-28H. The summed E-state index contributed by atoms with van der Waals surface area (Å²) in [5, 5.41) is 29.6. The van der Waals surface area contributed by atoms with Gasteiger partial charge in [0.1, 0.15) is 63.8 Å². The second-order valence-electron chi connectivity index (χ2n) is 18.6. The van der Waals surface area contributed by atoms with Gasteiger partial charge in [0.05, 0.1) is 66.9 Å². The average Bonchev–Trinajstić information content (AvgIpc) is 4.37. The van der Waals surface area contributed by atoms with E-state index in [1.54, 1.807) is 13.7 Å². The zero-order valence-corrected chi connectivity index (χ0v) is 38.5. The number of benzene rings is 10. The molecule has 7 nitrogen and oxygen atoms in total. The molecule has 0 amide bonds. The normalized spacial score (nSPS) is 12.1. The largest absolute Gasteiger partial charge is 0.454 e. The zero-order chi connectivity index (χ0) is 50.7. The number of nitriles is 2. The summed E-state index contributed by atoms with van der Waals surface area (Å²) in [6, 6.07) is 48.4. The first-order valence-corrected chi connectivity index (χ1v) is 23.7. The highest BCUT2D eigenvalue weighted by Crippen LogP contribution is 2.50. The summed E-state index contributed by atoms with van der Waals surface area (Å²) in [5.74, 6) is -3.71. The fourth-order valence-corrected chi connectivity index (χ4v) is 11.9. The Labute approximate surface area is 417 Å². The topological polar surface area (TPSA) is 80.4 Å². The minimum atomic E-state index is -0.625. The fourth-order valence-electron chi connectivity index (χ4n) is 11.9. The van der Waals surface area contributed by atoms with Gasteiger partial charge in [0, 0.05) is 53.9 Å². The van der Waals surface area contributed by atoms with Gasteiger partial charge in [-0.1, -0.05) is 42.5 Å². The highest BCUT2D eigenvalue weighted by Gasteiger charge is 2.35. The number of nitrogens with zero attached hydrogens (tertiary/aromatic N) is 6. The summed E-state index contributed by atoms with van der Waals surface area (Å²) >= 11 is 0. The fraction of sp³-hybridized carbons (Fsp3) is 0. The lowest BCUT2D eigenvalue weighted by molar-refractivity contribution is 0.628. The van der Waals surface area contributed by atoms with Gasteiger partial charge in [-0.3, -0.25) is 0 Å². The van der Waals surface area contributed by atoms with Gasteiger partial charge in [0.15, 0.2) is 5.58 Å². The summed E-state index contributed by atoms with van der Waals surface area (Å²) in [4.78, 5) is 0. The SMILES string of the molecule is N#Cc1c(-n2c3ccc(F)cc3c3cc(F)ccc32)c(-n2c3ccc(F)cc3c3cc(F)ccc32)c(C#N)c(-n2c3ccccc3c3ccc4c5ccccc5oc4c32)c1-n1c2ccc(F)cc2c2cc(F)ccc21. The van der Waals surface area contributed by atoms with E-state index in [0.717, 1.165) is 21.5 Å². The van der Waals surface area contributed by atoms with Crippen molar-refractivity contribution in [1.29, 1.82) is 10.5 Å². The Morgan fingerprint density at radius 1 is 0.307 bits per heavy atom. The Hall–Kier alpha value is -10.2. The maximum absolute atomic E-state index is 15.6. The molecule has 0 spiro atoms. The van der Waals surface area contributed by atoms with Gasteiger partial charge < -0.3 is 22.7 Å². The van der Waals surface area contributed by atoms with E-state index in [1.807, 2.05) is 65.2 Å². The first kappa shape index (κ1) is 42.4. The Balaban J connectivity index is 1.29. The van der Waals surface area contributed by atoms with Crippen molar-refractivity contribution in [2.24, 2.45) is 0 Å². The third kappa shape index (κ3) is 5.69. The van der Waals surface area contributed by atoms with Crippen LogP contribution in [-0.2, 0) is 0 Å². The van der Waals surface area contributed by atoms with Crippen molar-refractivity contribution in [2.75, 3.05) is 0 Å². The number of halogens is 6. The van der Waals surface area contributed by atoms with Gasteiger partial charge in [-0.15, -0.1) is 0 Å². The molecule has 0 bridgehead atoms. The lowest BCUT2D eigenvalue weighted by Crippen LogP contribution is -2.16. The number of furan rings is 1. The van der Waals surface area contributed by atoms with Crippen LogP contribution in [0.4, 0.5) is 26.3 Å². The molecule has 0 N–H and O–H groups in total. The number of hydrogen-bond acceptors (Lipinski definition) is 3.